The molecule has 146 valence electrons. The lowest BCUT2D eigenvalue weighted by Gasteiger charge is -2.16. The molecule has 3 aromatic carbocycles. The van der Waals surface area contributed by atoms with Gasteiger partial charge in [0, 0.05) is 18.0 Å². The topological polar surface area (TPSA) is 68.5 Å². The Labute approximate surface area is 168 Å². The molecule has 0 aliphatic heterocycles. The lowest BCUT2D eigenvalue weighted by molar-refractivity contribution is -0.132. The number of nitrogens with zero attached hydrogens (tertiary/aromatic N) is 3. The normalized spacial score (nSPS) is 10.8. The Hall–Kier alpha value is -3.67. The quantitative estimate of drug-likeness (QED) is 0.495. The van der Waals surface area contributed by atoms with E-state index in [1.165, 1.54) is 4.90 Å². The Morgan fingerprint density at radius 3 is 2.59 bits per heavy atom. The third-order valence-corrected chi connectivity index (χ3v) is 4.66. The van der Waals surface area contributed by atoms with Gasteiger partial charge in [-0.05, 0) is 30.5 Å². The van der Waals surface area contributed by atoms with Gasteiger partial charge in [0.15, 0.2) is 6.61 Å². The second-order valence-electron chi connectivity index (χ2n) is 6.88. The second-order valence-corrected chi connectivity index (χ2v) is 6.88. The number of hydrogen-bond donors (Lipinski definition) is 0. The van der Waals surface area contributed by atoms with Crippen LogP contribution in [0.25, 0.3) is 22.2 Å². The maximum absolute atomic E-state index is 12.5. The van der Waals surface area contributed by atoms with Gasteiger partial charge in [0.2, 0.25) is 11.8 Å². The van der Waals surface area contributed by atoms with Crippen molar-refractivity contribution < 1.29 is 13.9 Å². The largest absolute Gasteiger partial charge is 0.483 e. The molecule has 29 heavy (non-hydrogen) atoms. The van der Waals surface area contributed by atoms with Gasteiger partial charge in [0.25, 0.3) is 5.91 Å². The summed E-state index contributed by atoms with van der Waals surface area (Å²) in [5.41, 5.74) is 2.01. The van der Waals surface area contributed by atoms with Crippen LogP contribution in [0, 0.1) is 6.92 Å². The summed E-state index contributed by atoms with van der Waals surface area (Å²) in [5.74, 6) is 1.33. The molecule has 6 nitrogen and oxygen atoms in total. The van der Waals surface area contributed by atoms with Gasteiger partial charge in [0.05, 0.1) is 6.54 Å². The van der Waals surface area contributed by atoms with Crippen LogP contribution in [0.15, 0.2) is 71.1 Å². The van der Waals surface area contributed by atoms with Crippen molar-refractivity contribution in [3.63, 3.8) is 0 Å². The molecule has 4 rings (SSSR count). The van der Waals surface area contributed by atoms with Crippen molar-refractivity contribution in [1.82, 2.24) is 15.1 Å². The molecule has 6 heteroatoms. The number of carbonyl (C=O) groups is 1. The van der Waals surface area contributed by atoms with Crippen molar-refractivity contribution in [3.05, 3.63) is 78.2 Å². The van der Waals surface area contributed by atoms with Crippen LogP contribution in [0.1, 0.15) is 11.5 Å². The zero-order valence-corrected chi connectivity index (χ0v) is 16.3. The first-order valence-corrected chi connectivity index (χ1v) is 9.34. The number of hydrogen-bond acceptors (Lipinski definition) is 5. The van der Waals surface area contributed by atoms with Gasteiger partial charge in [-0.1, -0.05) is 54.1 Å². The molecule has 0 saturated heterocycles. The summed E-state index contributed by atoms with van der Waals surface area (Å²) in [7, 11) is 1.69. The van der Waals surface area contributed by atoms with Crippen LogP contribution in [0.3, 0.4) is 0 Å². The molecule has 0 N–H and O–H groups in total. The molecule has 4 aromatic rings. The van der Waals surface area contributed by atoms with Crippen LogP contribution >= 0.6 is 0 Å². The fraction of sp³-hybridized carbons (Fsp3) is 0.174. The van der Waals surface area contributed by atoms with Crippen LogP contribution in [-0.4, -0.2) is 34.7 Å². The average Bonchev–Trinajstić information content (AvgIpc) is 3.20. The van der Waals surface area contributed by atoms with Gasteiger partial charge in [-0.15, -0.1) is 10.2 Å². The van der Waals surface area contributed by atoms with Gasteiger partial charge in [0.1, 0.15) is 5.75 Å². The van der Waals surface area contributed by atoms with Crippen molar-refractivity contribution >= 4 is 16.7 Å². The molecule has 0 spiro atoms. The standard InChI is InChI=1S/C23H21N3O3/c1-16-10-12-18(13-11-16)23-25-24-21(29-23)14-26(2)22(27)15-28-20-9-5-7-17-6-3-4-8-19(17)20/h3-13H,14-15H2,1-2H3. The minimum Gasteiger partial charge on any atom is -0.483 e. The van der Waals surface area contributed by atoms with E-state index in [2.05, 4.69) is 10.2 Å². The van der Waals surface area contributed by atoms with Crippen LogP contribution in [0.5, 0.6) is 5.75 Å². The summed E-state index contributed by atoms with van der Waals surface area (Å²) >= 11 is 0. The van der Waals surface area contributed by atoms with E-state index in [0.717, 1.165) is 21.9 Å². The Morgan fingerprint density at radius 2 is 1.76 bits per heavy atom. The van der Waals surface area contributed by atoms with E-state index >= 15 is 0 Å². The lowest BCUT2D eigenvalue weighted by atomic mass is 10.1. The SMILES string of the molecule is Cc1ccc(-c2nnc(CN(C)C(=O)COc3cccc4ccccc34)o2)cc1. The minimum atomic E-state index is -0.173. The Kier molecular flexibility index (Phi) is 5.24. The number of rotatable bonds is 6. The number of ether oxygens (including phenoxy) is 1. The van der Waals surface area contributed by atoms with E-state index in [4.69, 9.17) is 9.15 Å². The van der Waals surface area contributed by atoms with Crippen LogP contribution < -0.4 is 4.74 Å². The Morgan fingerprint density at radius 1 is 1.00 bits per heavy atom. The van der Waals surface area contributed by atoms with Crippen molar-refractivity contribution in [2.24, 2.45) is 0 Å². The molecular weight excluding hydrogens is 366 g/mol. The predicted molar refractivity (Wildman–Crippen MR) is 110 cm³/mol. The molecule has 0 aliphatic carbocycles. The van der Waals surface area contributed by atoms with E-state index in [-0.39, 0.29) is 19.1 Å². The minimum absolute atomic E-state index is 0.0660. The molecule has 0 aliphatic rings. The van der Waals surface area contributed by atoms with Crippen LogP contribution in [-0.2, 0) is 11.3 Å². The molecule has 1 heterocycles. The van der Waals surface area contributed by atoms with Crippen molar-refractivity contribution in [2.45, 2.75) is 13.5 Å². The van der Waals surface area contributed by atoms with Crippen LogP contribution in [0.4, 0.5) is 0 Å². The first-order chi connectivity index (χ1) is 14.1. The molecule has 0 fully saturated rings. The fourth-order valence-corrected chi connectivity index (χ4v) is 2.99. The van der Waals surface area contributed by atoms with Crippen molar-refractivity contribution in [3.8, 4) is 17.2 Å². The highest BCUT2D eigenvalue weighted by Gasteiger charge is 2.15. The van der Waals surface area contributed by atoms with E-state index < -0.39 is 0 Å². The number of fused-ring (bicyclic) bond motifs is 1. The van der Waals surface area contributed by atoms with E-state index in [9.17, 15) is 4.79 Å². The molecule has 0 bridgehead atoms. The van der Waals surface area contributed by atoms with E-state index in [0.29, 0.717) is 17.5 Å². The highest BCUT2D eigenvalue weighted by Crippen LogP contribution is 2.25. The smallest absolute Gasteiger partial charge is 0.260 e. The van der Waals surface area contributed by atoms with E-state index in [1.54, 1.807) is 7.05 Å². The Bertz CT molecular complexity index is 1130. The molecule has 1 aromatic heterocycles. The summed E-state index contributed by atoms with van der Waals surface area (Å²) in [5, 5.41) is 10.2. The molecule has 0 radical (unpaired) electrons. The first-order valence-electron chi connectivity index (χ1n) is 9.34. The fourth-order valence-electron chi connectivity index (χ4n) is 2.99. The molecule has 0 atom stereocenters. The lowest BCUT2D eigenvalue weighted by Crippen LogP contribution is -2.31. The summed E-state index contributed by atoms with van der Waals surface area (Å²) in [4.78, 5) is 14.0. The second kappa shape index (κ2) is 8.14. The number of benzene rings is 3. The highest BCUT2D eigenvalue weighted by molar-refractivity contribution is 5.88. The average molecular weight is 387 g/mol. The molecule has 0 unspecified atom stereocenters. The Balaban J connectivity index is 1.38. The van der Waals surface area contributed by atoms with Crippen LogP contribution in [0.2, 0.25) is 0 Å². The maximum atomic E-state index is 12.5. The number of aryl methyl sites for hydroxylation is 1. The zero-order chi connectivity index (χ0) is 20.2. The number of likely N-dealkylation sites (N-methyl/N-ethyl adjacent to an activating group) is 1. The number of aromatic nitrogens is 2. The highest BCUT2D eigenvalue weighted by atomic mass is 16.5. The molecule has 0 saturated carbocycles. The first kappa shape index (κ1) is 18.7. The number of amides is 1. The molecular formula is C23H21N3O3. The predicted octanol–water partition coefficient (Wildman–Crippen LogP) is 4.24. The summed E-state index contributed by atoms with van der Waals surface area (Å²) in [6.07, 6.45) is 0. The van der Waals surface area contributed by atoms with Crippen molar-refractivity contribution in [2.75, 3.05) is 13.7 Å². The third kappa shape index (κ3) is 4.27. The van der Waals surface area contributed by atoms with Gasteiger partial charge in [-0.2, -0.15) is 0 Å². The van der Waals surface area contributed by atoms with Gasteiger partial charge in [-0.3, -0.25) is 4.79 Å². The monoisotopic (exact) mass is 387 g/mol. The summed E-state index contributed by atoms with van der Waals surface area (Å²) < 4.78 is 11.5. The van der Waals surface area contributed by atoms with E-state index in [1.807, 2.05) is 73.7 Å². The van der Waals surface area contributed by atoms with Gasteiger partial charge < -0.3 is 14.1 Å². The summed E-state index contributed by atoms with van der Waals surface area (Å²) in [6.45, 7) is 2.17. The van der Waals surface area contributed by atoms with Crippen molar-refractivity contribution in [1.29, 1.82) is 0 Å². The molecule has 1 amide bonds. The third-order valence-electron chi connectivity index (χ3n) is 4.66. The van der Waals surface area contributed by atoms with Gasteiger partial charge in [-0.25, -0.2) is 0 Å². The number of carbonyl (C=O) groups excluding carboxylic acids is 1. The van der Waals surface area contributed by atoms with Gasteiger partial charge >= 0.3 is 0 Å². The summed E-state index contributed by atoms with van der Waals surface area (Å²) in [6, 6.07) is 21.5. The zero-order valence-electron chi connectivity index (χ0n) is 16.3. The maximum Gasteiger partial charge on any atom is 0.260 e.